The maximum atomic E-state index is 13.0. The molecule has 0 unspecified atom stereocenters. The van der Waals surface area contributed by atoms with E-state index >= 15 is 0 Å². The lowest BCUT2D eigenvalue weighted by atomic mass is 10.2. The molecule has 12 nitrogen and oxygen atoms in total. The number of hydrogen-bond donors (Lipinski definition) is 3. The van der Waals surface area contributed by atoms with Gasteiger partial charge in [0.25, 0.3) is 5.91 Å². The number of nitrogens with one attached hydrogen (secondary N) is 2. The first-order valence-corrected chi connectivity index (χ1v) is 14.4. The van der Waals surface area contributed by atoms with E-state index in [2.05, 4.69) is 30.1 Å². The number of nitrogens with zero attached hydrogens (tertiary/aromatic N) is 6. The average Bonchev–Trinajstić information content (AvgIpc) is 3.60. The fraction of sp³-hybridized carbons (Fsp3) is 0.552. The zero-order valence-electron chi connectivity index (χ0n) is 24.1. The second-order valence-electron chi connectivity index (χ2n) is 11.6. The van der Waals surface area contributed by atoms with E-state index in [0.717, 1.165) is 42.4 Å². The van der Waals surface area contributed by atoms with Crippen molar-refractivity contribution in [2.24, 2.45) is 0 Å². The molecule has 220 valence electrons. The van der Waals surface area contributed by atoms with Crippen molar-refractivity contribution in [1.29, 1.82) is 0 Å². The third-order valence-corrected chi connectivity index (χ3v) is 7.40. The predicted molar refractivity (Wildman–Crippen MR) is 157 cm³/mol. The number of aliphatic hydroxyl groups is 1. The molecule has 1 aliphatic carbocycles. The van der Waals surface area contributed by atoms with Crippen LogP contribution in [0, 0.1) is 0 Å². The molecule has 3 N–H and O–H groups in total. The number of ether oxygens (including phenoxy) is 1. The minimum absolute atomic E-state index is 0.0339. The molecule has 3 aromatic rings. The van der Waals surface area contributed by atoms with Crippen LogP contribution in [0.25, 0.3) is 11.0 Å². The molecule has 1 aliphatic heterocycles. The Bertz CT molecular complexity index is 1350. The molecule has 1 saturated carbocycles. The number of pyridine rings is 1. The monoisotopic (exact) mass is 564 g/mol. The second-order valence-corrected chi connectivity index (χ2v) is 11.6. The molecular weight excluding hydrogens is 524 g/mol. The molecule has 5 rings (SSSR count). The summed E-state index contributed by atoms with van der Waals surface area (Å²) in [6.07, 6.45) is 8.03. The normalized spacial score (nSPS) is 16.3. The highest BCUT2D eigenvalue weighted by molar-refractivity contribution is 5.98. The molecule has 0 aromatic carbocycles. The van der Waals surface area contributed by atoms with Gasteiger partial charge in [0.1, 0.15) is 22.8 Å². The lowest BCUT2D eigenvalue weighted by Gasteiger charge is -2.36. The Balaban J connectivity index is 1.27. The Labute approximate surface area is 240 Å². The van der Waals surface area contributed by atoms with Crippen LogP contribution in [0.1, 0.15) is 69.4 Å². The van der Waals surface area contributed by atoms with Crippen LogP contribution in [0.2, 0.25) is 0 Å². The van der Waals surface area contributed by atoms with Crippen LogP contribution in [0.4, 0.5) is 22.2 Å². The molecule has 2 aliphatic rings. The summed E-state index contributed by atoms with van der Waals surface area (Å²) in [5.74, 6) is 0.858. The highest BCUT2D eigenvalue weighted by atomic mass is 16.6. The number of anilines is 3. The number of aromatic nitrogens is 4. The predicted octanol–water partition coefficient (Wildman–Crippen LogP) is 3.85. The number of hydrogen-bond acceptors (Lipinski definition) is 9. The topological polar surface area (TPSA) is 138 Å². The van der Waals surface area contributed by atoms with E-state index in [9.17, 15) is 9.59 Å². The molecule has 0 spiro atoms. The summed E-state index contributed by atoms with van der Waals surface area (Å²) >= 11 is 0. The molecule has 41 heavy (non-hydrogen) atoms. The maximum Gasteiger partial charge on any atom is 0.410 e. The van der Waals surface area contributed by atoms with Crippen molar-refractivity contribution >= 4 is 40.5 Å². The van der Waals surface area contributed by atoms with Crippen molar-refractivity contribution in [3.05, 3.63) is 36.3 Å². The molecule has 2 amide bonds. The van der Waals surface area contributed by atoms with Gasteiger partial charge in [0.05, 0.1) is 11.9 Å². The van der Waals surface area contributed by atoms with Gasteiger partial charge >= 0.3 is 6.09 Å². The van der Waals surface area contributed by atoms with E-state index in [-0.39, 0.29) is 24.6 Å². The van der Waals surface area contributed by atoms with Crippen molar-refractivity contribution in [3.63, 3.8) is 0 Å². The molecule has 0 atom stereocenters. The summed E-state index contributed by atoms with van der Waals surface area (Å²) in [7, 11) is 0. The number of fused-ring (bicyclic) bond motifs is 1. The number of aliphatic hydroxyl groups excluding tert-OH is 1. The van der Waals surface area contributed by atoms with Gasteiger partial charge in [-0.1, -0.05) is 12.8 Å². The third kappa shape index (κ3) is 6.87. The van der Waals surface area contributed by atoms with E-state index in [1.54, 1.807) is 17.3 Å². The first-order chi connectivity index (χ1) is 19.7. The Kier molecular flexibility index (Phi) is 8.57. The van der Waals surface area contributed by atoms with Gasteiger partial charge in [-0.15, -0.1) is 0 Å². The quantitative estimate of drug-likeness (QED) is 0.348. The van der Waals surface area contributed by atoms with Gasteiger partial charge in [-0.2, -0.15) is 4.98 Å². The lowest BCUT2D eigenvalue weighted by Crippen LogP contribution is -2.50. The van der Waals surface area contributed by atoms with Crippen LogP contribution in [-0.4, -0.2) is 86.5 Å². The third-order valence-electron chi connectivity index (χ3n) is 7.40. The summed E-state index contributed by atoms with van der Waals surface area (Å²) < 4.78 is 7.55. The maximum absolute atomic E-state index is 13.0. The largest absolute Gasteiger partial charge is 0.444 e. The zero-order chi connectivity index (χ0) is 29.0. The molecule has 0 bridgehead atoms. The highest BCUT2D eigenvalue weighted by Gasteiger charge is 2.27. The van der Waals surface area contributed by atoms with Gasteiger partial charge in [-0.25, -0.2) is 14.8 Å². The van der Waals surface area contributed by atoms with Crippen LogP contribution in [-0.2, 0) is 4.74 Å². The summed E-state index contributed by atoms with van der Waals surface area (Å²) in [4.78, 5) is 43.2. The SMILES string of the molecule is CC(C)(C)OC(=O)N1CCN(c2ccc(Nc3ncc4cc(C(=O)NCCCO)n(C5CCCC5)c4n3)nc2)CC1. The minimum atomic E-state index is -0.508. The summed E-state index contributed by atoms with van der Waals surface area (Å²) in [5.41, 5.74) is 1.77. The van der Waals surface area contributed by atoms with Crippen LogP contribution in [0.5, 0.6) is 0 Å². The second kappa shape index (κ2) is 12.3. The number of amides is 2. The van der Waals surface area contributed by atoms with Crippen molar-refractivity contribution in [3.8, 4) is 0 Å². The number of piperazine rings is 1. The van der Waals surface area contributed by atoms with Gasteiger partial charge in [0.15, 0.2) is 0 Å². The molecule has 0 radical (unpaired) electrons. The molecule has 1 saturated heterocycles. The van der Waals surface area contributed by atoms with Gasteiger partial charge in [-0.3, -0.25) is 4.79 Å². The Morgan fingerprint density at radius 2 is 1.83 bits per heavy atom. The standard InChI is InChI=1S/C29H40N8O4/c1-29(2,3)41-28(40)36-14-12-35(13-15-36)22-9-10-24(31-19-22)33-27-32-18-20-17-23(26(39)30-11-6-16-38)37(25(20)34-27)21-7-4-5-8-21/h9-10,17-19,21,38H,4-8,11-16H2,1-3H3,(H,30,39)(H,31,32,33,34). The average molecular weight is 565 g/mol. The first-order valence-electron chi connectivity index (χ1n) is 14.4. The number of carbonyl (C=O) groups is 2. The first kappa shape index (κ1) is 28.6. The minimum Gasteiger partial charge on any atom is -0.444 e. The van der Waals surface area contributed by atoms with E-state index in [0.29, 0.717) is 56.6 Å². The van der Waals surface area contributed by atoms with Crippen molar-refractivity contribution in [2.75, 3.05) is 49.5 Å². The van der Waals surface area contributed by atoms with E-state index in [1.165, 1.54) is 0 Å². The molecule has 12 heteroatoms. The van der Waals surface area contributed by atoms with Crippen molar-refractivity contribution < 1.29 is 19.4 Å². The van der Waals surface area contributed by atoms with Crippen molar-refractivity contribution in [1.82, 2.24) is 29.7 Å². The van der Waals surface area contributed by atoms with Crippen LogP contribution in [0.3, 0.4) is 0 Å². The van der Waals surface area contributed by atoms with Gasteiger partial charge in [-0.05, 0) is 58.2 Å². The van der Waals surface area contributed by atoms with Crippen LogP contribution < -0.4 is 15.5 Å². The van der Waals surface area contributed by atoms with Crippen LogP contribution in [0.15, 0.2) is 30.6 Å². The number of carbonyl (C=O) groups excluding carboxylic acids is 2. The van der Waals surface area contributed by atoms with E-state index in [4.69, 9.17) is 14.8 Å². The molecular formula is C29H40N8O4. The summed E-state index contributed by atoms with van der Waals surface area (Å²) in [6, 6.07) is 5.94. The van der Waals surface area contributed by atoms with Gasteiger partial charge in [0.2, 0.25) is 5.95 Å². The molecule has 2 fully saturated rings. The lowest BCUT2D eigenvalue weighted by molar-refractivity contribution is 0.0240. The van der Waals surface area contributed by atoms with E-state index < -0.39 is 5.60 Å². The van der Waals surface area contributed by atoms with Gasteiger partial charge in [0, 0.05) is 57.0 Å². The van der Waals surface area contributed by atoms with Crippen LogP contribution >= 0.6 is 0 Å². The Morgan fingerprint density at radius 3 is 2.49 bits per heavy atom. The smallest absolute Gasteiger partial charge is 0.410 e. The fourth-order valence-corrected chi connectivity index (χ4v) is 5.38. The fourth-order valence-electron chi connectivity index (χ4n) is 5.38. The summed E-state index contributed by atoms with van der Waals surface area (Å²) in [5, 5.41) is 16.0. The highest BCUT2D eigenvalue weighted by Crippen LogP contribution is 2.34. The Hall–Kier alpha value is -3.93. The van der Waals surface area contributed by atoms with Crippen molar-refractivity contribution in [2.45, 2.75) is 64.5 Å². The molecule has 4 heterocycles. The van der Waals surface area contributed by atoms with E-state index in [1.807, 2.05) is 39.0 Å². The van der Waals surface area contributed by atoms with Gasteiger partial charge < -0.3 is 34.8 Å². The molecule has 3 aromatic heterocycles. The number of rotatable bonds is 8. The Morgan fingerprint density at radius 1 is 1.07 bits per heavy atom. The summed E-state index contributed by atoms with van der Waals surface area (Å²) in [6.45, 7) is 8.64. The zero-order valence-corrected chi connectivity index (χ0v) is 24.1.